The number of aliphatic hydroxyl groups is 1. The van der Waals surface area contributed by atoms with E-state index in [1.807, 2.05) is 20.8 Å². The molecule has 0 radical (unpaired) electrons. The summed E-state index contributed by atoms with van der Waals surface area (Å²) in [7, 11) is 0. The van der Waals surface area contributed by atoms with Gasteiger partial charge in [-0.1, -0.05) is 20.8 Å². The first-order valence-corrected chi connectivity index (χ1v) is 6.15. The molecule has 5 N–H and O–H groups in total. The lowest BCUT2D eigenvalue weighted by molar-refractivity contribution is -0.136. The van der Waals surface area contributed by atoms with Crippen molar-refractivity contribution in [1.82, 2.24) is 4.90 Å². The van der Waals surface area contributed by atoms with Crippen molar-refractivity contribution < 1.29 is 14.7 Å². The summed E-state index contributed by atoms with van der Waals surface area (Å²) in [6, 6.07) is -0.989. The number of carbonyl (C=O) groups is 2. The molecule has 1 rings (SSSR count). The molecule has 1 aliphatic rings. The molecule has 104 valence electrons. The van der Waals surface area contributed by atoms with Crippen molar-refractivity contribution >= 4 is 11.8 Å². The van der Waals surface area contributed by atoms with Gasteiger partial charge in [-0.05, 0) is 11.8 Å². The van der Waals surface area contributed by atoms with Gasteiger partial charge in [0.15, 0.2) is 0 Å². The fourth-order valence-electron chi connectivity index (χ4n) is 2.14. The van der Waals surface area contributed by atoms with Crippen molar-refractivity contribution in [1.29, 1.82) is 0 Å². The summed E-state index contributed by atoms with van der Waals surface area (Å²) in [5.41, 5.74) is 10.7. The first-order chi connectivity index (χ1) is 8.12. The summed E-state index contributed by atoms with van der Waals surface area (Å²) in [6.45, 7) is 5.86. The fourth-order valence-corrected chi connectivity index (χ4v) is 2.14. The van der Waals surface area contributed by atoms with Crippen molar-refractivity contribution in [3.05, 3.63) is 0 Å². The van der Waals surface area contributed by atoms with Crippen LogP contribution >= 0.6 is 0 Å². The van der Waals surface area contributed by atoms with Gasteiger partial charge in [-0.15, -0.1) is 0 Å². The van der Waals surface area contributed by atoms with Crippen LogP contribution in [0.25, 0.3) is 0 Å². The number of nitrogens with zero attached hydrogens (tertiary/aromatic N) is 1. The maximum Gasteiger partial charge on any atom is 0.240 e. The molecule has 0 aromatic rings. The second-order valence-corrected chi connectivity index (χ2v) is 6.05. The molecule has 1 aliphatic heterocycles. The van der Waals surface area contributed by atoms with Crippen LogP contribution in [0.4, 0.5) is 0 Å². The largest absolute Gasteiger partial charge is 0.391 e. The van der Waals surface area contributed by atoms with Crippen LogP contribution in [0.15, 0.2) is 0 Å². The van der Waals surface area contributed by atoms with E-state index in [9.17, 15) is 14.7 Å². The number of aliphatic hydroxyl groups excluding tert-OH is 1. The van der Waals surface area contributed by atoms with Gasteiger partial charge in [-0.2, -0.15) is 0 Å². The van der Waals surface area contributed by atoms with Crippen LogP contribution in [-0.2, 0) is 9.59 Å². The number of hydrogen-bond acceptors (Lipinski definition) is 4. The zero-order valence-corrected chi connectivity index (χ0v) is 11.2. The lowest BCUT2D eigenvalue weighted by Crippen LogP contribution is -2.52. The number of rotatable bonds is 3. The Bertz CT molecular complexity index is 338. The molecule has 0 aliphatic carbocycles. The highest BCUT2D eigenvalue weighted by Crippen LogP contribution is 2.25. The zero-order valence-electron chi connectivity index (χ0n) is 11.2. The van der Waals surface area contributed by atoms with Crippen LogP contribution < -0.4 is 11.5 Å². The van der Waals surface area contributed by atoms with E-state index in [-0.39, 0.29) is 30.3 Å². The van der Waals surface area contributed by atoms with Gasteiger partial charge in [-0.3, -0.25) is 9.59 Å². The molecule has 1 fully saturated rings. The highest BCUT2D eigenvalue weighted by atomic mass is 16.3. The Hall–Kier alpha value is -1.14. The molecule has 1 heterocycles. The molecule has 6 nitrogen and oxygen atoms in total. The van der Waals surface area contributed by atoms with E-state index in [4.69, 9.17) is 11.5 Å². The summed E-state index contributed by atoms with van der Waals surface area (Å²) in [5, 5.41) is 9.63. The minimum Gasteiger partial charge on any atom is -0.391 e. The number of primary amides is 1. The lowest BCUT2D eigenvalue weighted by atomic mass is 9.86. The van der Waals surface area contributed by atoms with Crippen molar-refractivity contribution in [2.24, 2.45) is 16.9 Å². The van der Waals surface area contributed by atoms with Crippen LogP contribution in [0.5, 0.6) is 0 Å². The Morgan fingerprint density at radius 1 is 1.44 bits per heavy atom. The molecule has 0 unspecified atom stereocenters. The van der Waals surface area contributed by atoms with Crippen molar-refractivity contribution in [2.45, 2.75) is 51.8 Å². The lowest BCUT2D eigenvalue weighted by Gasteiger charge is -2.32. The number of amides is 2. The van der Waals surface area contributed by atoms with Gasteiger partial charge in [0, 0.05) is 19.0 Å². The Labute approximate surface area is 107 Å². The van der Waals surface area contributed by atoms with Crippen LogP contribution in [0.2, 0.25) is 0 Å². The average Bonchev–Trinajstić information content (AvgIpc) is 2.54. The topological polar surface area (TPSA) is 110 Å². The molecular weight excluding hydrogens is 234 g/mol. The second kappa shape index (κ2) is 5.24. The molecule has 1 saturated heterocycles. The standard InChI is InChI=1S/C12H23N3O3/c1-12(2,3)10(14)11(18)15-6-8(16)4-7(15)5-9(13)17/h7-8,10,16H,4-6,14H2,1-3H3,(H2,13,17)/t7-,8-,10-/m1/s1. The van der Waals surface area contributed by atoms with Gasteiger partial charge in [-0.25, -0.2) is 0 Å². The monoisotopic (exact) mass is 257 g/mol. The first-order valence-electron chi connectivity index (χ1n) is 6.15. The molecular formula is C12H23N3O3. The highest BCUT2D eigenvalue weighted by molar-refractivity contribution is 5.84. The molecule has 2 amide bonds. The smallest absolute Gasteiger partial charge is 0.240 e. The van der Waals surface area contributed by atoms with Crippen molar-refractivity contribution in [2.75, 3.05) is 6.54 Å². The van der Waals surface area contributed by atoms with Crippen LogP contribution in [-0.4, -0.2) is 46.6 Å². The summed E-state index contributed by atoms with van der Waals surface area (Å²) in [4.78, 5) is 24.7. The van der Waals surface area contributed by atoms with E-state index in [2.05, 4.69) is 0 Å². The number of nitrogens with two attached hydrogens (primary N) is 2. The van der Waals surface area contributed by atoms with Crippen LogP contribution in [0.1, 0.15) is 33.6 Å². The number of hydrogen-bond donors (Lipinski definition) is 3. The summed E-state index contributed by atoms with van der Waals surface area (Å²) < 4.78 is 0. The van der Waals surface area contributed by atoms with Gasteiger partial charge in [0.2, 0.25) is 11.8 Å². The maximum atomic E-state index is 12.3. The third-order valence-electron chi connectivity index (χ3n) is 3.31. The predicted molar refractivity (Wildman–Crippen MR) is 67.4 cm³/mol. The van der Waals surface area contributed by atoms with Crippen molar-refractivity contribution in [3.63, 3.8) is 0 Å². The average molecular weight is 257 g/mol. The Kier molecular flexibility index (Phi) is 4.34. The SMILES string of the molecule is CC(C)(C)[C@H](N)C(=O)N1C[C@H](O)C[C@@H]1CC(N)=O. The summed E-state index contributed by atoms with van der Waals surface area (Å²) >= 11 is 0. The Balaban J connectivity index is 2.79. The minimum absolute atomic E-state index is 0.0691. The molecule has 18 heavy (non-hydrogen) atoms. The molecule has 0 aromatic carbocycles. The minimum atomic E-state index is -0.654. The Morgan fingerprint density at radius 2 is 2.00 bits per heavy atom. The van der Waals surface area contributed by atoms with E-state index in [1.165, 1.54) is 4.90 Å². The number of carbonyl (C=O) groups excluding carboxylic acids is 2. The van der Waals surface area contributed by atoms with E-state index in [0.29, 0.717) is 6.42 Å². The third kappa shape index (κ3) is 3.43. The normalized spacial score (nSPS) is 26.2. The molecule has 0 saturated carbocycles. The van der Waals surface area contributed by atoms with Gasteiger partial charge in [0.1, 0.15) is 0 Å². The van der Waals surface area contributed by atoms with Gasteiger partial charge >= 0.3 is 0 Å². The maximum absolute atomic E-state index is 12.3. The third-order valence-corrected chi connectivity index (χ3v) is 3.31. The van der Waals surface area contributed by atoms with Crippen LogP contribution in [0, 0.1) is 5.41 Å². The zero-order chi connectivity index (χ0) is 14.1. The van der Waals surface area contributed by atoms with E-state index in [0.717, 1.165) is 0 Å². The predicted octanol–water partition coefficient (Wildman–Crippen LogP) is -0.803. The van der Waals surface area contributed by atoms with E-state index >= 15 is 0 Å². The molecule has 0 bridgehead atoms. The summed E-state index contributed by atoms with van der Waals surface area (Å²) in [5.74, 6) is -0.707. The quantitative estimate of drug-likeness (QED) is 0.614. The van der Waals surface area contributed by atoms with Crippen LogP contribution in [0.3, 0.4) is 0 Å². The van der Waals surface area contributed by atoms with E-state index in [1.54, 1.807) is 0 Å². The van der Waals surface area contributed by atoms with Gasteiger partial charge < -0.3 is 21.5 Å². The molecule has 3 atom stereocenters. The fraction of sp³-hybridized carbons (Fsp3) is 0.833. The second-order valence-electron chi connectivity index (χ2n) is 6.05. The first kappa shape index (κ1) is 14.9. The summed E-state index contributed by atoms with van der Waals surface area (Å²) in [6.07, 6.45) is -0.156. The highest BCUT2D eigenvalue weighted by Gasteiger charge is 2.39. The van der Waals surface area contributed by atoms with Gasteiger partial charge in [0.25, 0.3) is 0 Å². The van der Waals surface area contributed by atoms with Crippen molar-refractivity contribution in [3.8, 4) is 0 Å². The van der Waals surface area contributed by atoms with Gasteiger partial charge in [0.05, 0.1) is 12.1 Å². The van der Waals surface area contributed by atoms with E-state index < -0.39 is 18.1 Å². The number of likely N-dealkylation sites (tertiary alicyclic amines) is 1. The molecule has 6 heteroatoms. The molecule has 0 aromatic heterocycles. The number of β-amino-alcohol motifs (C(OH)–C–C–N with tert-alkyl or cyclic N) is 1. The molecule has 0 spiro atoms. The Morgan fingerprint density at radius 3 is 2.44 bits per heavy atom.